The normalized spacial score (nSPS) is 17.3. The molecule has 0 spiro atoms. The monoisotopic (exact) mass is 240 g/mol. The van der Waals surface area contributed by atoms with E-state index in [1.54, 1.807) is 11.3 Å². The lowest BCUT2D eigenvalue weighted by atomic mass is 10.3. The minimum Gasteiger partial charge on any atom is -0.465 e. The molecular weight excluding hydrogens is 224 g/mol. The average molecular weight is 240 g/mol. The summed E-state index contributed by atoms with van der Waals surface area (Å²) >= 11 is 1.62. The highest BCUT2D eigenvalue weighted by Gasteiger charge is 2.13. The molecule has 1 saturated heterocycles. The number of hydrogen-bond donors (Lipinski definition) is 1. The molecule has 5 heteroatoms. The Balaban J connectivity index is 1.94. The van der Waals surface area contributed by atoms with Gasteiger partial charge in [0.05, 0.1) is 12.7 Å². The van der Waals surface area contributed by atoms with Crippen molar-refractivity contribution in [1.82, 2.24) is 10.2 Å². The SMILES string of the molecule is COC(=O)c1csc(CN2CCNCC2)c1. The molecule has 0 aromatic carbocycles. The van der Waals surface area contributed by atoms with Crippen LogP contribution >= 0.6 is 11.3 Å². The predicted octanol–water partition coefficient (Wildman–Crippen LogP) is 0.940. The average Bonchev–Trinajstić information content (AvgIpc) is 2.78. The molecule has 2 heterocycles. The summed E-state index contributed by atoms with van der Waals surface area (Å²) in [6.45, 7) is 5.19. The minimum absolute atomic E-state index is 0.247. The molecule has 1 aromatic rings. The molecule has 1 N–H and O–H groups in total. The summed E-state index contributed by atoms with van der Waals surface area (Å²) in [6.07, 6.45) is 0. The number of nitrogens with one attached hydrogen (secondary N) is 1. The third kappa shape index (κ3) is 2.81. The Kier molecular flexibility index (Phi) is 3.93. The van der Waals surface area contributed by atoms with E-state index in [-0.39, 0.29) is 5.97 Å². The van der Waals surface area contributed by atoms with Crippen molar-refractivity contribution >= 4 is 17.3 Å². The van der Waals surface area contributed by atoms with Crippen molar-refractivity contribution in [3.8, 4) is 0 Å². The fourth-order valence-electron chi connectivity index (χ4n) is 1.78. The van der Waals surface area contributed by atoms with E-state index in [2.05, 4.69) is 15.0 Å². The second kappa shape index (κ2) is 5.43. The molecule has 0 radical (unpaired) electrons. The number of esters is 1. The molecule has 4 nitrogen and oxygen atoms in total. The number of thiophene rings is 1. The maximum Gasteiger partial charge on any atom is 0.338 e. The van der Waals surface area contributed by atoms with Crippen LogP contribution in [0.4, 0.5) is 0 Å². The number of carbonyl (C=O) groups excluding carboxylic acids is 1. The molecule has 0 saturated carbocycles. The van der Waals surface area contributed by atoms with Crippen LogP contribution in [0.2, 0.25) is 0 Å². The van der Waals surface area contributed by atoms with Crippen molar-refractivity contribution in [1.29, 1.82) is 0 Å². The highest BCUT2D eigenvalue weighted by atomic mass is 32.1. The summed E-state index contributed by atoms with van der Waals surface area (Å²) in [5.74, 6) is -0.247. The molecule has 88 valence electrons. The van der Waals surface area contributed by atoms with Gasteiger partial charge in [-0.3, -0.25) is 4.90 Å². The standard InChI is InChI=1S/C11H16N2O2S/c1-15-11(14)9-6-10(16-8-9)7-13-4-2-12-3-5-13/h6,8,12H,2-5,7H2,1H3. The first-order valence-corrected chi connectivity index (χ1v) is 6.26. The third-order valence-corrected chi connectivity index (χ3v) is 3.59. The summed E-state index contributed by atoms with van der Waals surface area (Å²) in [5, 5.41) is 5.19. The van der Waals surface area contributed by atoms with E-state index < -0.39 is 0 Å². The van der Waals surface area contributed by atoms with Crippen molar-refractivity contribution in [3.63, 3.8) is 0 Å². The molecule has 1 aliphatic heterocycles. The molecular formula is C11H16N2O2S. The smallest absolute Gasteiger partial charge is 0.338 e. The number of rotatable bonds is 3. The van der Waals surface area contributed by atoms with Gasteiger partial charge in [0.2, 0.25) is 0 Å². The van der Waals surface area contributed by atoms with Gasteiger partial charge in [-0.2, -0.15) is 0 Å². The maximum absolute atomic E-state index is 11.3. The lowest BCUT2D eigenvalue weighted by molar-refractivity contribution is 0.0601. The fraction of sp³-hybridized carbons (Fsp3) is 0.545. The summed E-state index contributed by atoms with van der Waals surface area (Å²) in [7, 11) is 1.41. The van der Waals surface area contributed by atoms with E-state index in [9.17, 15) is 4.79 Å². The van der Waals surface area contributed by atoms with Gasteiger partial charge in [-0.05, 0) is 6.07 Å². The molecule has 1 aliphatic rings. The lowest BCUT2D eigenvalue weighted by Crippen LogP contribution is -2.42. The summed E-state index contributed by atoms with van der Waals surface area (Å²) < 4.78 is 4.68. The zero-order valence-corrected chi connectivity index (χ0v) is 10.2. The first kappa shape index (κ1) is 11.6. The first-order valence-electron chi connectivity index (χ1n) is 5.38. The second-order valence-electron chi connectivity index (χ2n) is 3.82. The van der Waals surface area contributed by atoms with E-state index in [0.29, 0.717) is 5.56 Å². The van der Waals surface area contributed by atoms with Gasteiger partial charge in [0.1, 0.15) is 0 Å². The Labute approximate surface area is 99.2 Å². The van der Waals surface area contributed by atoms with Gasteiger partial charge < -0.3 is 10.1 Å². The lowest BCUT2D eigenvalue weighted by Gasteiger charge is -2.26. The number of methoxy groups -OCH3 is 1. The van der Waals surface area contributed by atoms with Crippen molar-refractivity contribution in [2.24, 2.45) is 0 Å². The molecule has 16 heavy (non-hydrogen) atoms. The van der Waals surface area contributed by atoms with E-state index in [4.69, 9.17) is 0 Å². The first-order chi connectivity index (χ1) is 7.79. The van der Waals surface area contributed by atoms with Gasteiger partial charge in [-0.25, -0.2) is 4.79 Å². The Morgan fingerprint density at radius 2 is 2.31 bits per heavy atom. The molecule has 0 atom stereocenters. The van der Waals surface area contributed by atoms with Crippen LogP contribution in [0.15, 0.2) is 11.4 Å². The van der Waals surface area contributed by atoms with Crippen LogP contribution < -0.4 is 5.32 Å². The van der Waals surface area contributed by atoms with Gasteiger partial charge in [-0.15, -0.1) is 11.3 Å². The zero-order chi connectivity index (χ0) is 11.4. The molecule has 1 aromatic heterocycles. The van der Waals surface area contributed by atoms with Gasteiger partial charge in [-0.1, -0.05) is 0 Å². The molecule has 0 aliphatic carbocycles. The van der Waals surface area contributed by atoms with Crippen molar-refractivity contribution in [3.05, 3.63) is 21.9 Å². The summed E-state index contributed by atoms with van der Waals surface area (Å²) in [5.41, 5.74) is 0.664. The van der Waals surface area contributed by atoms with Crippen molar-refractivity contribution in [2.75, 3.05) is 33.3 Å². The molecule has 2 rings (SSSR count). The van der Waals surface area contributed by atoms with Gasteiger partial charge in [0, 0.05) is 43.0 Å². The zero-order valence-electron chi connectivity index (χ0n) is 9.36. The Morgan fingerprint density at radius 3 is 3.00 bits per heavy atom. The molecule has 0 amide bonds. The number of nitrogens with zero attached hydrogens (tertiary/aromatic N) is 1. The largest absolute Gasteiger partial charge is 0.465 e. The van der Waals surface area contributed by atoms with Crippen LogP contribution in [0.5, 0.6) is 0 Å². The minimum atomic E-state index is -0.247. The summed E-state index contributed by atoms with van der Waals surface area (Å²) in [4.78, 5) is 14.9. The highest BCUT2D eigenvalue weighted by Crippen LogP contribution is 2.17. The topological polar surface area (TPSA) is 41.6 Å². The maximum atomic E-state index is 11.3. The van der Waals surface area contributed by atoms with E-state index in [1.165, 1.54) is 12.0 Å². The summed E-state index contributed by atoms with van der Waals surface area (Å²) in [6, 6.07) is 1.93. The quantitative estimate of drug-likeness (QED) is 0.798. The van der Waals surface area contributed by atoms with Crippen LogP contribution in [0.1, 0.15) is 15.2 Å². The Hall–Kier alpha value is -0.910. The van der Waals surface area contributed by atoms with E-state index in [0.717, 1.165) is 32.7 Å². The highest BCUT2D eigenvalue weighted by molar-refractivity contribution is 7.10. The van der Waals surface area contributed by atoms with Gasteiger partial charge in [0.25, 0.3) is 0 Å². The van der Waals surface area contributed by atoms with Crippen LogP contribution in [0, 0.1) is 0 Å². The van der Waals surface area contributed by atoms with Crippen molar-refractivity contribution in [2.45, 2.75) is 6.54 Å². The predicted molar refractivity (Wildman–Crippen MR) is 63.8 cm³/mol. The number of ether oxygens (including phenoxy) is 1. The van der Waals surface area contributed by atoms with E-state index >= 15 is 0 Å². The van der Waals surface area contributed by atoms with Crippen molar-refractivity contribution < 1.29 is 9.53 Å². The fourth-order valence-corrected chi connectivity index (χ4v) is 2.67. The van der Waals surface area contributed by atoms with Gasteiger partial charge >= 0.3 is 5.97 Å². The molecule has 0 unspecified atom stereocenters. The number of hydrogen-bond acceptors (Lipinski definition) is 5. The van der Waals surface area contributed by atoms with Crippen LogP contribution in [-0.2, 0) is 11.3 Å². The van der Waals surface area contributed by atoms with Crippen LogP contribution in [0.3, 0.4) is 0 Å². The number of piperazine rings is 1. The van der Waals surface area contributed by atoms with Crippen LogP contribution in [0.25, 0.3) is 0 Å². The number of carbonyl (C=O) groups is 1. The third-order valence-electron chi connectivity index (χ3n) is 2.66. The second-order valence-corrected chi connectivity index (χ2v) is 4.82. The van der Waals surface area contributed by atoms with Crippen LogP contribution in [-0.4, -0.2) is 44.2 Å². The molecule has 0 bridgehead atoms. The Morgan fingerprint density at radius 1 is 1.56 bits per heavy atom. The molecule has 1 fully saturated rings. The van der Waals surface area contributed by atoms with Gasteiger partial charge in [0.15, 0.2) is 0 Å². The van der Waals surface area contributed by atoms with E-state index in [1.807, 2.05) is 11.4 Å². The Bertz CT molecular complexity index is 359.